The quantitative estimate of drug-likeness (QED) is 0.764. The Balaban J connectivity index is 2.79. The molecule has 3 nitrogen and oxygen atoms in total. The van der Waals surface area contributed by atoms with Gasteiger partial charge in [0, 0.05) is 6.04 Å². The zero-order valence-electron chi connectivity index (χ0n) is 8.23. The Hall–Kier alpha value is -1.35. The van der Waals surface area contributed by atoms with Crippen LogP contribution >= 0.6 is 0 Å². The van der Waals surface area contributed by atoms with Gasteiger partial charge < -0.3 is 10.8 Å². The summed E-state index contributed by atoms with van der Waals surface area (Å²) in [6.45, 7) is 1.92. The minimum absolute atomic E-state index is 0.108. The Morgan fingerprint density at radius 2 is 2.14 bits per heavy atom. The first-order valence-electron chi connectivity index (χ1n) is 4.68. The van der Waals surface area contributed by atoms with E-state index in [1.165, 1.54) is 0 Å². The van der Waals surface area contributed by atoms with Crippen molar-refractivity contribution in [3.63, 3.8) is 0 Å². The SMILES string of the molecule is C[C@@H](N)CCc1ccccc1C(=O)O. The highest BCUT2D eigenvalue weighted by molar-refractivity contribution is 5.89. The lowest BCUT2D eigenvalue weighted by Crippen LogP contribution is -2.16. The maximum atomic E-state index is 10.8. The fraction of sp³-hybridized carbons (Fsp3) is 0.364. The summed E-state index contributed by atoms with van der Waals surface area (Å²) in [6, 6.07) is 7.16. The van der Waals surface area contributed by atoms with Crippen molar-refractivity contribution in [3.05, 3.63) is 35.4 Å². The summed E-state index contributed by atoms with van der Waals surface area (Å²) in [4.78, 5) is 10.8. The first kappa shape index (κ1) is 10.7. The normalized spacial score (nSPS) is 12.4. The van der Waals surface area contributed by atoms with Gasteiger partial charge in [-0.05, 0) is 31.4 Å². The van der Waals surface area contributed by atoms with Gasteiger partial charge in [-0.2, -0.15) is 0 Å². The van der Waals surface area contributed by atoms with Crippen molar-refractivity contribution in [1.82, 2.24) is 0 Å². The number of aryl methyl sites for hydroxylation is 1. The van der Waals surface area contributed by atoms with E-state index in [0.717, 1.165) is 18.4 Å². The molecular formula is C11H15NO2. The molecule has 3 heteroatoms. The minimum atomic E-state index is -0.870. The molecule has 0 aliphatic heterocycles. The molecular weight excluding hydrogens is 178 g/mol. The number of carboxylic acid groups (broad SMARTS) is 1. The van der Waals surface area contributed by atoms with Crippen LogP contribution < -0.4 is 5.73 Å². The second kappa shape index (κ2) is 4.77. The smallest absolute Gasteiger partial charge is 0.335 e. The topological polar surface area (TPSA) is 63.3 Å². The van der Waals surface area contributed by atoms with E-state index in [1.807, 2.05) is 19.1 Å². The van der Waals surface area contributed by atoms with E-state index < -0.39 is 5.97 Å². The lowest BCUT2D eigenvalue weighted by Gasteiger charge is -2.07. The molecule has 0 unspecified atom stereocenters. The average molecular weight is 193 g/mol. The van der Waals surface area contributed by atoms with Gasteiger partial charge in [0.15, 0.2) is 0 Å². The molecule has 0 amide bonds. The number of carboxylic acids is 1. The Morgan fingerprint density at radius 1 is 1.50 bits per heavy atom. The molecule has 0 saturated carbocycles. The minimum Gasteiger partial charge on any atom is -0.478 e. The van der Waals surface area contributed by atoms with Gasteiger partial charge >= 0.3 is 5.97 Å². The predicted molar refractivity (Wildman–Crippen MR) is 55.4 cm³/mol. The van der Waals surface area contributed by atoms with Crippen molar-refractivity contribution in [3.8, 4) is 0 Å². The van der Waals surface area contributed by atoms with Crippen molar-refractivity contribution in [1.29, 1.82) is 0 Å². The third kappa shape index (κ3) is 2.85. The zero-order chi connectivity index (χ0) is 10.6. The molecule has 14 heavy (non-hydrogen) atoms. The summed E-state index contributed by atoms with van der Waals surface area (Å²) < 4.78 is 0. The van der Waals surface area contributed by atoms with Gasteiger partial charge in [0.2, 0.25) is 0 Å². The highest BCUT2D eigenvalue weighted by Crippen LogP contribution is 2.11. The summed E-state index contributed by atoms with van der Waals surface area (Å²) >= 11 is 0. The van der Waals surface area contributed by atoms with Gasteiger partial charge in [-0.3, -0.25) is 0 Å². The number of benzene rings is 1. The van der Waals surface area contributed by atoms with E-state index in [-0.39, 0.29) is 6.04 Å². The molecule has 0 fully saturated rings. The van der Waals surface area contributed by atoms with Crippen molar-refractivity contribution in [2.45, 2.75) is 25.8 Å². The molecule has 1 aromatic carbocycles. The lowest BCUT2D eigenvalue weighted by atomic mass is 10.0. The van der Waals surface area contributed by atoms with E-state index >= 15 is 0 Å². The first-order chi connectivity index (χ1) is 6.61. The van der Waals surface area contributed by atoms with Gasteiger partial charge in [-0.1, -0.05) is 18.2 Å². The van der Waals surface area contributed by atoms with Crippen LogP contribution in [0.3, 0.4) is 0 Å². The second-order valence-electron chi connectivity index (χ2n) is 3.48. The van der Waals surface area contributed by atoms with Crippen LogP contribution in [0.1, 0.15) is 29.3 Å². The molecule has 0 heterocycles. The Labute approximate surface area is 83.6 Å². The fourth-order valence-corrected chi connectivity index (χ4v) is 1.33. The monoisotopic (exact) mass is 193 g/mol. The van der Waals surface area contributed by atoms with E-state index in [9.17, 15) is 4.79 Å². The summed E-state index contributed by atoms with van der Waals surface area (Å²) in [5, 5.41) is 8.90. The van der Waals surface area contributed by atoms with E-state index in [4.69, 9.17) is 10.8 Å². The number of rotatable bonds is 4. The van der Waals surface area contributed by atoms with Gasteiger partial charge in [0.1, 0.15) is 0 Å². The van der Waals surface area contributed by atoms with Gasteiger partial charge in [0.05, 0.1) is 5.56 Å². The molecule has 1 atom stereocenters. The largest absolute Gasteiger partial charge is 0.478 e. The molecule has 76 valence electrons. The lowest BCUT2D eigenvalue weighted by molar-refractivity contribution is 0.0695. The summed E-state index contributed by atoms with van der Waals surface area (Å²) in [5.74, 6) is -0.870. The maximum absolute atomic E-state index is 10.8. The molecule has 0 aromatic heterocycles. The molecule has 0 aliphatic carbocycles. The standard InChI is InChI=1S/C11H15NO2/c1-8(12)6-7-9-4-2-3-5-10(9)11(13)14/h2-5,8H,6-7,12H2,1H3,(H,13,14)/t8-/m1/s1. The maximum Gasteiger partial charge on any atom is 0.335 e. The van der Waals surface area contributed by atoms with Crippen LogP contribution in [-0.4, -0.2) is 17.1 Å². The van der Waals surface area contributed by atoms with Crippen LogP contribution in [0, 0.1) is 0 Å². The van der Waals surface area contributed by atoms with Crippen molar-refractivity contribution >= 4 is 5.97 Å². The number of hydrogen-bond donors (Lipinski definition) is 2. The van der Waals surface area contributed by atoms with Crippen LogP contribution in [0.25, 0.3) is 0 Å². The van der Waals surface area contributed by atoms with Crippen LogP contribution in [0.15, 0.2) is 24.3 Å². The molecule has 0 bridgehead atoms. The van der Waals surface area contributed by atoms with Crippen LogP contribution in [0.2, 0.25) is 0 Å². The molecule has 3 N–H and O–H groups in total. The van der Waals surface area contributed by atoms with Crippen LogP contribution in [0.5, 0.6) is 0 Å². The summed E-state index contributed by atoms with van der Waals surface area (Å²) in [7, 11) is 0. The molecule has 0 radical (unpaired) electrons. The van der Waals surface area contributed by atoms with Gasteiger partial charge in [-0.25, -0.2) is 4.79 Å². The Morgan fingerprint density at radius 3 is 2.71 bits per heavy atom. The number of nitrogens with two attached hydrogens (primary N) is 1. The Kier molecular flexibility index (Phi) is 3.65. The summed E-state index contributed by atoms with van der Waals surface area (Å²) in [5.41, 5.74) is 6.86. The number of hydrogen-bond acceptors (Lipinski definition) is 2. The second-order valence-corrected chi connectivity index (χ2v) is 3.48. The first-order valence-corrected chi connectivity index (χ1v) is 4.68. The highest BCUT2D eigenvalue weighted by atomic mass is 16.4. The molecule has 1 rings (SSSR count). The molecule has 0 saturated heterocycles. The highest BCUT2D eigenvalue weighted by Gasteiger charge is 2.08. The van der Waals surface area contributed by atoms with E-state index in [1.54, 1.807) is 12.1 Å². The third-order valence-corrected chi connectivity index (χ3v) is 2.12. The van der Waals surface area contributed by atoms with Crippen molar-refractivity contribution < 1.29 is 9.90 Å². The van der Waals surface area contributed by atoms with Gasteiger partial charge in [-0.15, -0.1) is 0 Å². The predicted octanol–water partition coefficient (Wildman–Crippen LogP) is 1.66. The molecule has 0 aliphatic rings. The van der Waals surface area contributed by atoms with Crippen molar-refractivity contribution in [2.24, 2.45) is 5.73 Å². The van der Waals surface area contributed by atoms with Crippen LogP contribution in [0.4, 0.5) is 0 Å². The zero-order valence-corrected chi connectivity index (χ0v) is 8.23. The third-order valence-electron chi connectivity index (χ3n) is 2.12. The molecule has 1 aromatic rings. The Bertz CT molecular complexity index is 321. The van der Waals surface area contributed by atoms with E-state index in [0.29, 0.717) is 5.56 Å². The van der Waals surface area contributed by atoms with Crippen molar-refractivity contribution in [2.75, 3.05) is 0 Å². The fourth-order valence-electron chi connectivity index (χ4n) is 1.33. The summed E-state index contributed by atoms with van der Waals surface area (Å²) in [6.07, 6.45) is 1.53. The number of carbonyl (C=O) groups is 1. The average Bonchev–Trinajstić information content (AvgIpc) is 2.15. The van der Waals surface area contributed by atoms with Gasteiger partial charge in [0.25, 0.3) is 0 Å². The van der Waals surface area contributed by atoms with E-state index in [2.05, 4.69) is 0 Å². The molecule has 0 spiro atoms. The van der Waals surface area contributed by atoms with Crippen LogP contribution in [-0.2, 0) is 6.42 Å². The number of aromatic carboxylic acids is 1.